The number of hydrogen-bond acceptors (Lipinski definition) is 5. The molecule has 17 heavy (non-hydrogen) atoms. The Morgan fingerprint density at radius 3 is 3.06 bits per heavy atom. The summed E-state index contributed by atoms with van der Waals surface area (Å²) in [7, 11) is 1.68. The van der Waals surface area contributed by atoms with Crippen molar-refractivity contribution in [2.45, 2.75) is 39.5 Å². The van der Waals surface area contributed by atoms with Gasteiger partial charge in [-0.3, -0.25) is 0 Å². The average Bonchev–Trinajstić information content (AvgIpc) is 2.75. The summed E-state index contributed by atoms with van der Waals surface area (Å²) >= 11 is 1.68. The van der Waals surface area contributed by atoms with Gasteiger partial charge in [-0.05, 0) is 19.9 Å². The second-order valence-corrected chi connectivity index (χ2v) is 4.93. The van der Waals surface area contributed by atoms with Crippen molar-refractivity contribution in [3.05, 3.63) is 16.1 Å². The number of ether oxygens (including phenoxy) is 2. The van der Waals surface area contributed by atoms with Crippen LogP contribution in [0.4, 0.5) is 0 Å². The molecule has 0 saturated carbocycles. The van der Waals surface area contributed by atoms with E-state index in [0.29, 0.717) is 13.2 Å². The molecule has 0 bridgehead atoms. The van der Waals surface area contributed by atoms with Gasteiger partial charge < -0.3 is 14.8 Å². The quantitative estimate of drug-likeness (QED) is 0.690. The van der Waals surface area contributed by atoms with Crippen LogP contribution in [0.5, 0.6) is 0 Å². The van der Waals surface area contributed by atoms with Gasteiger partial charge in [-0.15, -0.1) is 11.3 Å². The lowest BCUT2D eigenvalue weighted by molar-refractivity contribution is -0.00123. The van der Waals surface area contributed by atoms with Crippen molar-refractivity contribution in [2.24, 2.45) is 0 Å². The predicted molar refractivity (Wildman–Crippen MR) is 70.2 cm³/mol. The molecule has 0 spiro atoms. The standard InChI is InChI=1S/C12H22N2O2S/c1-4-5-13-6-12-14-11(9-17-12)8-16-10(2)7-15-3/h9-10,13H,4-8H2,1-3H3. The topological polar surface area (TPSA) is 43.4 Å². The summed E-state index contributed by atoms with van der Waals surface area (Å²) in [4.78, 5) is 4.50. The number of thiazole rings is 1. The summed E-state index contributed by atoms with van der Waals surface area (Å²) in [6.45, 7) is 7.23. The molecule has 1 heterocycles. The van der Waals surface area contributed by atoms with Gasteiger partial charge in [-0.2, -0.15) is 0 Å². The molecule has 1 rings (SSSR count). The maximum atomic E-state index is 5.61. The minimum Gasteiger partial charge on any atom is -0.382 e. The molecule has 0 amide bonds. The number of hydrogen-bond donors (Lipinski definition) is 1. The number of nitrogens with zero attached hydrogens (tertiary/aromatic N) is 1. The predicted octanol–water partition coefficient (Wildman–Crippen LogP) is 2.19. The maximum absolute atomic E-state index is 5.61. The fourth-order valence-electron chi connectivity index (χ4n) is 1.38. The normalized spacial score (nSPS) is 12.9. The van der Waals surface area contributed by atoms with Gasteiger partial charge >= 0.3 is 0 Å². The molecule has 1 atom stereocenters. The first-order valence-electron chi connectivity index (χ1n) is 6.00. The molecule has 0 aromatic carbocycles. The third kappa shape index (κ3) is 6.12. The molecule has 0 aliphatic carbocycles. The Bertz CT molecular complexity index is 304. The molecule has 1 N–H and O–H groups in total. The molecule has 5 heteroatoms. The van der Waals surface area contributed by atoms with Crippen molar-refractivity contribution < 1.29 is 9.47 Å². The van der Waals surface area contributed by atoms with E-state index in [1.807, 2.05) is 6.92 Å². The lowest BCUT2D eigenvalue weighted by Crippen LogP contribution is -2.15. The minimum atomic E-state index is 0.114. The molecular formula is C12H22N2O2S. The Morgan fingerprint density at radius 2 is 2.35 bits per heavy atom. The first-order chi connectivity index (χ1) is 8.26. The van der Waals surface area contributed by atoms with Crippen LogP contribution >= 0.6 is 11.3 Å². The summed E-state index contributed by atoms with van der Waals surface area (Å²) in [5.74, 6) is 0. The molecule has 1 unspecified atom stereocenters. The second kappa shape index (κ2) is 8.58. The lowest BCUT2D eigenvalue weighted by atomic mass is 10.4. The highest BCUT2D eigenvalue weighted by Crippen LogP contribution is 2.11. The fourth-order valence-corrected chi connectivity index (χ4v) is 2.13. The van der Waals surface area contributed by atoms with Gasteiger partial charge in [0.1, 0.15) is 5.01 Å². The Balaban J connectivity index is 2.25. The van der Waals surface area contributed by atoms with Crippen LogP contribution in [0.3, 0.4) is 0 Å². The van der Waals surface area contributed by atoms with Crippen molar-refractivity contribution in [1.82, 2.24) is 10.3 Å². The maximum Gasteiger partial charge on any atom is 0.107 e. The molecule has 98 valence electrons. The molecule has 0 saturated heterocycles. The van der Waals surface area contributed by atoms with Crippen LogP contribution in [0.25, 0.3) is 0 Å². The number of aromatic nitrogens is 1. The largest absolute Gasteiger partial charge is 0.382 e. The fraction of sp³-hybridized carbons (Fsp3) is 0.750. The van der Waals surface area contributed by atoms with Gasteiger partial charge in [0.05, 0.1) is 25.0 Å². The Kier molecular flexibility index (Phi) is 7.35. The van der Waals surface area contributed by atoms with E-state index >= 15 is 0 Å². The van der Waals surface area contributed by atoms with Gasteiger partial charge in [0, 0.05) is 19.0 Å². The third-order valence-corrected chi connectivity index (χ3v) is 3.12. The smallest absolute Gasteiger partial charge is 0.107 e. The van der Waals surface area contributed by atoms with Crippen LogP contribution < -0.4 is 5.32 Å². The van der Waals surface area contributed by atoms with Crippen molar-refractivity contribution in [2.75, 3.05) is 20.3 Å². The van der Waals surface area contributed by atoms with E-state index < -0.39 is 0 Å². The summed E-state index contributed by atoms with van der Waals surface area (Å²) < 4.78 is 10.6. The van der Waals surface area contributed by atoms with Crippen LogP contribution in [0.15, 0.2) is 5.38 Å². The van der Waals surface area contributed by atoms with E-state index in [-0.39, 0.29) is 6.10 Å². The molecule has 1 aromatic rings. The highest BCUT2D eigenvalue weighted by atomic mass is 32.1. The van der Waals surface area contributed by atoms with Gasteiger partial charge in [0.25, 0.3) is 0 Å². The number of rotatable bonds is 9. The highest BCUT2D eigenvalue weighted by Gasteiger charge is 2.05. The molecule has 1 aromatic heterocycles. The Hall–Kier alpha value is -0.490. The molecule has 0 radical (unpaired) electrons. The first kappa shape index (κ1) is 14.6. The SMILES string of the molecule is CCCNCc1nc(COC(C)COC)cs1. The number of nitrogens with one attached hydrogen (secondary N) is 1. The molecule has 4 nitrogen and oxygen atoms in total. The lowest BCUT2D eigenvalue weighted by Gasteiger charge is -2.10. The molecule has 0 aliphatic rings. The van der Waals surface area contributed by atoms with Gasteiger partial charge in [0.15, 0.2) is 0 Å². The molecule has 0 aliphatic heterocycles. The van der Waals surface area contributed by atoms with Crippen LogP contribution in [0, 0.1) is 0 Å². The number of methoxy groups -OCH3 is 1. The summed E-state index contributed by atoms with van der Waals surface area (Å²) in [5, 5.41) is 6.52. The zero-order chi connectivity index (χ0) is 12.5. The zero-order valence-corrected chi connectivity index (χ0v) is 11.7. The van der Waals surface area contributed by atoms with Gasteiger partial charge in [-0.1, -0.05) is 6.92 Å². The monoisotopic (exact) mass is 258 g/mol. The van der Waals surface area contributed by atoms with E-state index in [1.54, 1.807) is 18.4 Å². The van der Waals surface area contributed by atoms with Crippen LogP contribution in [-0.2, 0) is 22.6 Å². The van der Waals surface area contributed by atoms with Gasteiger partial charge in [0.2, 0.25) is 0 Å². The third-order valence-electron chi connectivity index (χ3n) is 2.22. The van der Waals surface area contributed by atoms with Crippen molar-refractivity contribution in [3.8, 4) is 0 Å². The van der Waals surface area contributed by atoms with Crippen molar-refractivity contribution in [3.63, 3.8) is 0 Å². The van der Waals surface area contributed by atoms with Crippen molar-refractivity contribution in [1.29, 1.82) is 0 Å². The van der Waals surface area contributed by atoms with Crippen LogP contribution in [0.1, 0.15) is 31.0 Å². The van der Waals surface area contributed by atoms with E-state index in [2.05, 4.69) is 22.6 Å². The summed E-state index contributed by atoms with van der Waals surface area (Å²) in [6, 6.07) is 0. The average molecular weight is 258 g/mol. The first-order valence-corrected chi connectivity index (χ1v) is 6.88. The highest BCUT2D eigenvalue weighted by molar-refractivity contribution is 7.09. The summed E-state index contributed by atoms with van der Waals surface area (Å²) in [5.41, 5.74) is 1.01. The zero-order valence-electron chi connectivity index (χ0n) is 10.9. The van der Waals surface area contributed by atoms with Crippen LogP contribution in [-0.4, -0.2) is 31.3 Å². The van der Waals surface area contributed by atoms with E-state index in [1.165, 1.54) is 0 Å². The van der Waals surface area contributed by atoms with Gasteiger partial charge in [-0.25, -0.2) is 4.98 Å². The molecular weight excluding hydrogens is 236 g/mol. The summed E-state index contributed by atoms with van der Waals surface area (Å²) in [6.07, 6.45) is 1.26. The minimum absolute atomic E-state index is 0.114. The van der Waals surface area contributed by atoms with Crippen LogP contribution in [0.2, 0.25) is 0 Å². The second-order valence-electron chi connectivity index (χ2n) is 3.99. The van der Waals surface area contributed by atoms with E-state index in [9.17, 15) is 0 Å². The Labute approximate surface area is 107 Å². The Morgan fingerprint density at radius 1 is 1.53 bits per heavy atom. The van der Waals surface area contributed by atoms with Crippen molar-refractivity contribution >= 4 is 11.3 Å². The van der Waals surface area contributed by atoms with E-state index in [0.717, 1.165) is 30.2 Å². The molecule has 0 fully saturated rings. The van der Waals surface area contributed by atoms with E-state index in [4.69, 9.17) is 9.47 Å².